The van der Waals surface area contributed by atoms with E-state index >= 15 is 0 Å². The minimum atomic E-state index is -2.65. The van der Waals surface area contributed by atoms with Crippen LogP contribution in [0.2, 0.25) is 31.4 Å². The molecule has 1 aromatic carbocycles. The molecule has 1 fully saturated rings. The van der Waals surface area contributed by atoms with E-state index in [1.807, 2.05) is 6.07 Å². The molecule has 2 aromatic rings. The number of anilines is 1. The molecule has 1 saturated heterocycles. The number of rotatable bonds is 11. The maximum absolute atomic E-state index is 13.0. The summed E-state index contributed by atoms with van der Waals surface area (Å²) in [5.41, 5.74) is 0.0245. The summed E-state index contributed by atoms with van der Waals surface area (Å²) in [7, 11) is -2.08. The van der Waals surface area contributed by atoms with Crippen LogP contribution in [0.15, 0.2) is 47.4 Å². The van der Waals surface area contributed by atoms with Gasteiger partial charge in [0.1, 0.15) is 0 Å². The Hall–Kier alpha value is -1.53. The van der Waals surface area contributed by atoms with E-state index in [1.54, 1.807) is 36.5 Å². The molecule has 1 aliphatic heterocycles. The van der Waals surface area contributed by atoms with E-state index in [0.29, 0.717) is 18.6 Å². The van der Waals surface area contributed by atoms with Crippen LogP contribution in [0.4, 0.5) is 5.82 Å². The van der Waals surface area contributed by atoms with Crippen molar-refractivity contribution < 1.29 is 17.0 Å². The summed E-state index contributed by atoms with van der Waals surface area (Å²) in [5.74, 6) is -0.107. The number of amides is 1. The molecule has 0 aliphatic carbocycles. The molecule has 0 bridgehead atoms. The van der Waals surface area contributed by atoms with E-state index in [-0.39, 0.29) is 29.0 Å². The number of nitrogens with zero attached hydrogens (tertiary/aromatic N) is 2. The number of carbonyl (C=O) groups excluding carboxylic acids is 1. The standard InChI is InChI=1S/C22H30N3O5Si.3C2H5.Sn/c1-22(2,3)31(4,5)30-16-13-19(29-17(16)14-26)25-12-11-18(24-21(25)28)23-20(27)15-9-7-6-8-10-15;3*1-2;/h6-12,16-17,19H,13-14H2,1-5H3,(H,23,24,27,28);3*1H2,2H3;/q-1;;;;+1/t16-,17+,19+;;;;/m0..../s1. The fourth-order valence-electron chi connectivity index (χ4n) is 4.50. The molecule has 1 aliphatic rings. The Labute approximate surface area is 233 Å². The first kappa shape index (κ1) is 31.0. The Balaban J connectivity index is 1.80. The van der Waals surface area contributed by atoms with E-state index in [4.69, 9.17) is 12.2 Å². The normalized spacial score (nSPS) is 20.5. The van der Waals surface area contributed by atoms with Gasteiger partial charge in [-0.25, -0.2) is 0 Å². The third-order valence-corrected chi connectivity index (χ3v) is 26.1. The van der Waals surface area contributed by atoms with Gasteiger partial charge in [0, 0.05) is 0 Å². The first-order valence-electron chi connectivity index (χ1n) is 13.8. The predicted octanol–water partition coefficient (Wildman–Crippen LogP) is 6.20. The van der Waals surface area contributed by atoms with Gasteiger partial charge in [-0.05, 0) is 12.1 Å². The maximum atomic E-state index is 13.0. The van der Waals surface area contributed by atoms with Gasteiger partial charge in [0.2, 0.25) is 0 Å². The molecule has 38 heavy (non-hydrogen) atoms. The zero-order chi connectivity index (χ0) is 28.1. The predicted molar refractivity (Wildman–Crippen MR) is 157 cm³/mol. The molecule has 1 amide bonds. The number of carbonyl (C=O) groups is 1. The van der Waals surface area contributed by atoms with Crippen LogP contribution >= 0.6 is 0 Å². The minimum absolute atomic E-state index is 0.0484. The van der Waals surface area contributed by atoms with Crippen molar-refractivity contribution in [2.24, 2.45) is 0 Å². The van der Waals surface area contributed by atoms with Crippen LogP contribution in [-0.4, -0.2) is 61.4 Å². The molecule has 10 heteroatoms. The monoisotopic (exact) mass is 651 g/mol. The Bertz CT molecular complexity index is 1120. The number of hydrogen-bond donors (Lipinski definition) is 1. The summed E-state index contributed by atoms with van der Waals surface area (Å²) >= 11 is -2.65. The number of nitrogens with one attached hydrogen (secondary N) is 1. The van der Waals surface area contributed by atoms with Crippen molar-refractivity contribution in [3.05, 3.63) is 58.6 Å². The number of benzene rings is 1. The van der Waals surface area contributed by atoms with Gasteiger partial charge in [-0.3, -0.25) is 0 Å². The summed E-state index contributed by atoms with van der Waals surface area (Å²) in [5, 5.41) is 2.75. The van der Waals surface area contributed by atoms with E-state index in [1.165, 1.54) is 4.57 Å². The second-order valence-electron chi connectivity index (χ2n) is 11.7. The fraction of sp³-hybridized carbons (Fsp3) is 0.607. The van der Waals surface area contributed by atoms with Crippen molar-refractivity contribution in [3.63, 3.8) is 0 Å². The molecule has 0 saturated carbocycles. The van der Waals surface area contributed by atoms with Crippen molar-refractivity contribution in [2.45, 2.75) is 97.8 Å². The average molecular weight is 650 g/mol. The Kier molecular flexibility index (Phi) is 10.4. The van der Waals surface area contributed by atoms with Gasteiger partial charge in [0.25, 0.3) is 0 Å². The van der Waals surface area contributed by atoms with Crippen LogP contribution in [0, 0.1) is 0 Å². The summed E-state index contributed by atoms with van der Waals surface area (Å²) in [6, 6.07) is 10.5. The topological polar surface area (TPSA) is 91.7 Å². The van der Waals surface area contributed by atoms with Crippen LogP contribution < -0.4 is 11.0 Å². The van der Waals surface area contributed by atoms with Gasteiger partial charge >= 0.3 is 203 Å². The molecule has 2 heterocycles. The van der Waals surface area contributed by atoms with Crippen molar-refractivity contribution in [3.8, 4) is 0 Å². The second-order valence-corrected chi connectivity index (χ2v) is 30.0. The first-order chi connectivity index (χ1) is 17.8. The van der Waals surface area contributed by atoms with E-state index in [9.17, 15) is 9.59 Å². The number of aromatic nitrogens is 2. The van der Waals surface area contributed by atoms with Crippen molar-refractivity contribution in [1.29, 1.82) is 0 Å². The zero-order valence-electron chi connectivity index (χ0n) is 24.2. The van der Waals surface area contributed by atoms with Gasteiger partial charge in [0.15, 0.2) is 0 Å². The SMILES string of the molecule is C[CH2][Sn]([CH2]C)([CH2]C)[O]C[C@H]1O[C@@H](n2ccc(NC(=O)c3ccccc3)nc2=O)C[C@@H]1O[Si](C)(C)C(C)(C)C. The molecule has 0 spiro atoms. The van der Waals surface area contributed by atoms with Gasteiger partial charge in [-0.1, -0.05) is 18.2 Å². The molecule has 1 N–H and O–H groups in total. The summed E-state index contributed by atoms with van der Waals surface area (Å²) in [6.45, 7) is 18.4. The first-order valence-corrected chi connectivity index (χ1v) is 23.9. The molecule has 1 aromatic heterocycles. The van der Waals surface area contributed by atoms with Gasteiger partial charge in [0.05, 0.1) is 0 Å². The quantitative estimate of drug-likeness (QED) is 0.292. The summed E-state index contributed by atoms with van der Waals surface area (Å²) in [4.78, 5) is 29.6. The average Bonchev–Trinajstić information content (AvgIpc) is 3.26. The number of hydrogen-bond acceptors (Lipinski definition) is 6. The Morgan fingerprint density at radius 2 is 1.76 bits per heavy atom. The molecule has 3 rings (SSSR count). The van der Waals surface area contributed by atoms with E-state index in [0.717, 1.165) is 13.3 Å². The van der Waals surface area contributed by atoms with Gasteiger partial charge in [-0.15, -0.1) is 0 Å². The van der Waals surface area contributed by atoms with Crippen LogP contribution in [-0.2, 0) is 12.2 Å². The fourth-order valence-corrected chi connectivity index (χ4v) is 13.4. The van der Waals surface area contributed by atoms with Crippen molar-refractivity contribution in [2.75, 3.05) is 11.9 Å². The molecular weight excluding hydrogens is 605 g/mol. The zero-order valence-corrected chi connectivity index (χ0v) is 28.1. The summed E-state index contributed by atoms with van der Waals surface area (Å²) in [6.07, 6.45) is 1.26. The molecular formula is C28H45N3O5SiSn. The van der Waals surface area contributed by atoms with Crippen LogP contribution in [0.5, 0.6) is 0 Å². The van der Waals surface area contributed by atoms with Crippen molar-refractivity contribution in [1.82, 2.24) is 9.55 Å². The Morgan fingerprint density at radius 3 is 2.32 bits per heavy atom. The van der Waals surface area contributed by atoms with Crippen LogP contribution in [0.1, 0.15) is 64.5 Å². The van der Waals surface area contributed by atoms with Crippen molar-refractivity contribution >= 4 is 38.8 Å². The van der Waals surface area contributed by atoms with Crippen LogP contribution in [0.25, 0.3) is 0 Å². The van der Waals surface area contributed by atoms with Gasteiger partial charge in [-0.2, -0.15) is 0 Å². The Morgan fingerprint density at radius 1 is 1.13 bits per heavy atom. The van der Waals surface area contributed by atoms with Crippen LogP contribution in [0.3, 0.4) is 0 Å². The molecule has 8 nitrogen and oxygen atoms in total. The third-order valence-electron chi connectivity index (χ3n) is 8.34. The van der Waals surface area contributed by atoms with E-state index < -0.39 is 39.0 Å². The van der Waals surface area contributed by atoms with E-state index in [2.05, 4.69) is 64.9 Å². The molecule has 0 radical (unpaired) electrons. The van der Waals surface area contributed by atoms with Gasteiger partial charge < -0.3 is 0 Å². The molecule has 3 atom stereocenters. The molecule has 0 unspecified atom stereocenters. The third kappa shape index (κ3) is 7.35. The number of ether oxygens (including phenoxy) is 1. The summed E-state index contributed by atoms with van der Waals surface area (Å²) < 4.78 is 24.9. The second kappa shape index (κ2) is 12.8. The molecule has 210 valence electrons.